The molecule has 3 aromatic rings. The molecule has 0 aliphatic carbocycles. The number of terminal acetylenes is 1. The molecule has 23 heavy (non-hydrogen) atoms. The Balaban J connectivity index is 1.97. The summed E-state index contributed by atoms with van der Waals surface area (Å²) >= 11 is 1.46. The lowest BCUT2D eigenvalue weighted by Gasteiger charge is -1.98. The summed E-state index contributed by atoms with van der Waals surface area (Å²) in [5.74, 6) is 2.31. The Morgan fingerprint density at radius 2 is 1.91 bits per heavy atom. The standard InChI is InChI=1S/C19H14N2OS/c1-2-14-21-16-10-6-7-11-17(16)23-19(21)20-18(22)13-12-15-8-4-3-5-9-15/h1,3-13H,14H2. The molecule has 0 saturated carbocycles. The van der Waals surface area contributed by atoms with Crippen LogP contribution in [0.3, 0.4) is 0 Å². The van der Waals surface area contributed by atoms with Crippen LogP contribution in [0.2, 0.25) is 0 Å². The second-order valence-corrected chi connectivity index (χ2v) is 5.85. The molecule has 0 bridgehead atoms. The summed E-state index contributed by atoms with van der Waals surface area (Å²) in [5, 5.41) is 0. The van der Waals surface area contributed by atoms with Gasteiger partial charge in [0.15, 0.2) is 4.80 Å². The van der Waals surface area contributed by atoms with Gasteiger partial charge in [-0.05, 0) is 23.8 Å². The molecule has 0 unspecified atom stereocenters. The van der Waals surface area contributed by atoms with Crippen molar-refractivity contribution in [2.24, 2.45) is 4.99 Å². The monoisotopic (exact) mass is 318 g/mol. The minimum Gasteiger partial charge on any atom is -0.305 e. The van der Waals surface area contributed by atoms with Gasteiger partial charge in [0.2, 0.25) is 0 Å². The molecule has 1 amide bonds. The smallest absolute Gasteiger partial charge is 0.272 e. The normalized spacial score (nSPS) is 11.9. The number of hydrogen-bond acceptors (Lipinski definition) is 2. The maximum absolute atomic E-state index is 12.1. The molecule has 0 radical (unpaired) electrons. The first-order chi connectivity index (χ1) is 11.3. The van der Waals surface area contributed by atoms with Crippen LogP contribution in [0.25, 0.3) is 16.3 Å². The molecule has 0 aliphatic heterocycles. The van der Waals surface area contributed by atoms with Gasteiger partial charge in [0.1, 0.15) is 0 Å². The van der Waals surface area contributed by atoms with E-state index in [-0.39, 0.29) is 5.91 Å². The van der Waals surface area contributed by atoms with Crippen LogP contribution in [0.1, 0.15) is 5.56 Å². The summed E-state index contributed by atoms with van der Waals surface area (Å²) in [6.45, 7) is 0.387. The molecular weight excluding hydrogens is 304 g/mol. The van der Waals surface area contributed by atoms with Crippen LogP contribution in [-0.4, -0.2) is 10.5 Å². The number of amides is 1. The summed E-state index contributed by atoms with van der Waals surface area (Å²) in [7, 11) is 0. The SMILES string of the molecule is C#CCn1c(=NC(=O)C=Cc2ccccc2)sc2ccccc21. The van der Waals surface area contributed by atoms with E-state index in [1.165, 1.54) is 17.4 Å². The minimum atomic E-state index is -0.300. The van der Waals surface area contributed by atoms with E-state index < -0.39 is 0 Å². The third kappa shape index (κ3) is 3.47. The van der Waals surface area contributed by atoms with Gasteiger partial charge in [-0.3, -0.25) is 4.79 Å². The molecule has 2 aromatic carbocycles. The van der Waals surface area contributed by atoms with Crippen LogP contribution in [0.5, 0.6) is 0 Å². The fourth-order valence-electron chi connectivity index (χ4n) is 2.21. The third-order valence-corrected chi connectivity index (χ3v) is 4.32. The number of para-hydroxylation sites is 1. The average Bonchev–Trinajstić information content (AvgIpc) is 2.92. The number of thiazole rings is 1. The van der Waals surface area contributed by atoms with E-state index in [1.807, 2.05) is 59.2 Å². The van der Waals surface area contributed by atoms with Gasteiger partial charge in [-0.25, -0.2) is 0 Å². The molecule has 0 aliphatic rings. The van der Waals surface area contributed by atoms with E-state index in [2.05, 4.69) is 10.9 Å². The van der Waals surface area contributed by atoms with Crippen LogP contribution in [-0.2, 0) is 11.3 Å². The van der Waals surface area contributed by atoms with E-state index in [0.29, 0.717) is 11.3 Å². The van der Waals surface area contributed by atoms with Gasteiger partial charge in [-0.1, -0.05) is 59.7 Å². The third-order valence-electron chi connectivity index (χ3n) is 3.26. The molecule has 0 spiro atoms. The molecule has 0 saturated heterocycles. The lowest BCUT2D eigenvalue weighted by Crippen LogP contribution is -2.15. The van der Waals surface area contributed by atoms with E-state index in [1.54, 1.807) is 6.08 Å². The van der Waals surface area contributed by atoms with Gasteiger partial charge in [-0.2, -0.15) is 4.99 Å². The molecule has 0 atom stereocenters. The number of benzene rings is 2. The number of hydrogen-bond donors (Lipinski definition) is 0. The number of aromatic nitrogens is 1. The van der Waals surface area contributed by atoms with Gasteiger partial charge >= 0.3 is 0 Å². The summed E-state index contributed by atoms with van der Waals surface area (Å²) in [6.07, 6.45) is 8.67. The first-order valence-corrected chi connectivity index (χ1v) is 7.93. The Morgan fingerprint density at radius 1 is 1.17 bits per heavy atom. The molecule has 112 valence electrons. The topological polar surface area (TPSA) is 34.4 Å². The molecule has 1 heterocycles. The van der Waals surface area contributed by atoms with E-state index in [9.17, 15) is 4.79 Å². The Kier molecular flexibility index (Phi) is 4.51. The van der Waals surface area contributed by atoms with Crippen molar-refractivity contribution in [1.29, 1.82) is 0 Å². The largest absolute Gasteiger partial charge is 0.305 e. The number of carbonyl (C=O) groups excluding carboxylic acids is 1. The minimum absolute atomic E-state index is 0.300. The average molecular weight is 318 g/mol. The second-order valence-electron chi connectivity index (χ2n) is 4.84. The van der Waals surface area contributed by atoms with Crippen molar-refractivity contribution in [1.82, 2.24) is 4.57 Å². The summed E-state index contributed by atoms with van der Waals surface area (Å²) in [5.41, 5.74) is 1.96. The maximum atomic E-state index is 12.1. The molecule has 0 fully saturated rings. The van der Waals surface area contributed by atoms with E-state index in [0.717, 1.165) is 15.8 Å². The van der Waals surface area contributed by atoms with Gasteiger partial charge in [0.25, 0.3) is 5.91 Å². The van der Waals surface area contributed by atoms with Crippen LogP contribution in [0.4, 0.5) is 0 Å². The number of fused-ring (bicyclic) bond motifs is 1. The zero-order valence-corrected chi connectivity index (χ0v) is 13.2. The predicted molar refractivity (Wildman–Crippen MR) is 94.7 cm³/mol. The highest BCUT2D eigenvalue weighted by Crippen LogP contribution is 2.16. The quantitative estimate of drug-likeness (QED) is 0.538. The summed E-state index contributed by atoms with van der Waals surface area (Å²) in [4.78, 5) is 16.9. The number of rotatable bonds is 3. The molecule has 0 N–H and O–H groups in total. The number of carbonyl (C=O) groups is 1. The summed E-state index contributed by atoms with van der Waals surface area (Å²) < 4.78 is 2.94. The molecule has 1 aromatic heterocycles. The summed E-state index contributed by atoms with van der Waals surface area (Å²) in [6, 6.07) is 17.5. The van der Waals surface area contributed by atoms with Crippen molar-refractivity contribution in [3.05, 3.63) is 71.0 Å². The first kappa shape index (κ1) is 15.0. The molecule has 4 heteroatoms. The van der Waals surface area contributed by atoms with Gasteiger partial charge in [-0.15, -0.1) is 6.42 Å². The second kappa shape index (κ2) is 6.91. The van der Waals surface area contributed by atoms with Crippen LogP contribution in [0.15, 0.2) is 65.7 Å². The fourth-order valence-corrected chi connectivity index (χ4v) is 3.25. The molecular formula is C19H14N2OS. The number of nitrogens with zero attached hydrogens (tertiary/aromatic N) is 2. The van der Waals surface area contributed by atoms with Crippen LogP contribution >= 0.6 is 11.3 Å². The Morgan fingerprint density at radius 3 is 2.70 bits per heavy atom. The highest BCUT2D eigenvalue weighted by molar-refractivity contribution is 7.16. The van der Waals surface area contributed by atoms with Crippen LogP contribution < -0.4 is 4.80 Å². The fraction of sp³-hybridized carbons (Fsp3) is 0.0526. The maximum Gasteiger partial charge on any atom is 0.272 e. The van der Waals surface area contributed by atoms with Crippen molar-refractivity contribution in [3.8, 4) is 12.3 Å². The lowest BCUT2D eigenvalue weighted by molar-refractivity contribution is -0.113. The van der Waals surface area contributed by atoms with Crippen molar-refractivity contribution in [2.75, 3.05) is 0 Å². The Labute approximate surface area is 138 Å². The van der Waals surface area contributed by atoms with Crippen molar-refractivity contribution in [3.63, 3.8) is 0 Å². The van der Waals surface area contributed by atoms with E-state index >= 15 is 0 Å². The molecule has 3 rings (SSSR count). The predicted octanol–water partition coefficient (Wildman–Crippen LogP) is 3.48. The van der Waals surface area contributed by atoms with Crippen molar-refractivity contribution in [2.45, 2.75) is 6.54 Å². The van der Waals surface area contributed by atoms with Gasteiger partial charge in [0, 0.05) is 6.08 Å². The van der Waals surface area contributed by atoms with Gasteiger partial charge in [0.05, 0.1) is 16.8 Å². The van der Waals surface area contributed by atoms with E-state index in [4.69, 9.17) is 6.42 Å². The molecule has 3 nitrogen and oxygen atoms in total. The highest BCUT2D eigenvalue weighted by atomic mass is 32.1. The first-order valence-electron chi connectivity index (χ1n) is 7.11. The Hall–Kier alpha value is -2.90. The lowest BCUT2D eigenvalue weighted by atomic mass is 10.2. The highest BCUT2D eigenvalue weighted by Gasteiger charge is 2.05. The van der Waals surface area contributed by atoms with Crippen molar-refractivity contribution < 1.29 is 4.79 Å². The zero-order chi connectivity index (χ0) is 16.1. The van der Waals surface area contributed by atoms with Crippen LogP contribution in [0, 0.1) is 12.3 Å². The Bertz CT molecular complexity index is 972. The van der Waals surface area contributed by atoms with Crippen molar-refractivity contribution >= 4 is 33.5 Å². The van der Waals surface area contributed by atoms with Gasteiger partial charge < -0.3 is 4.57 Å². The zero-order valence-electron chi connectivity index (χ0n) is 12.3.